The Morgan fingerprint density at radius 1 is 1.00 bits per heavy atom. The summed E-state index contributed by atoms with van der Waals surface area (Å²) in [6.07, 6.45) is 10.6. The van der Waals surface area contributed by atoms with Crippen LogP contribution in [0.3, 0.4) is 0 Å². The van der Waals surface area contributed by atoms with Crippen molar-refractivity contribution < 1.29 is 4.39 Å². The van der Waals surface area contributed by atoms with E-state index in [4.69, 9.17) is 23.2 Å². The molecule has 110 valence electrons. The first-order valence-corrected chi connectivity index (χ1v) is 8.25. The summed E-state index contributed by atoms with van der Waals surface area (Å²) < 4.78 is 13.4. The molecule has 3 rings (SSSR count). The molecule has 2 fully saturated rings. The topological polar surface area (TPSA) is 12.0 Å². The third-order valence-corrected chi connectivity index (χ3v) is 5.62. The number of benzene rings is 1. The van der Waals surface area contributed by atoms with Crippen molar-refractivity contribution in [1.82, 2.24) is 0 Å². The summed E-state index contributed by atoms with van der Waals surface area (Å²) in [5.74, 6) is -0.535. The van der Waals surface area contributed by atoms with Crippen molar-refractivity contribution in [3.8, 4) is 0 Å². The molecule has 2 saturated carbocycles. The molecular weight excluding hydrogens is 296 g/mol. The quantitative estimate of drug-likeness (QED) is 0.655. The molecule has 0 heterocycles. The van der Waals surface area contributed by atoms with Gasteiger partial charge in [-0.05, 0) is 56.1 Å². The van der Waals surface area contributed by atoms with Gasteiger partial charge in [0.05, 0.1) is 10.0 Å². The van der Waals surface area contributed by atoms with Gasteiger partial charge in [0.15, 0.2) is 5.82 Å². The van der Waals surface area contributed by atoms with Gasteiger partial charge in [-0.3, -0.25) is 0 Å². The first kappa shape index (κ1) is 14.5. The molecule has 2 aliphatic rings. The van der Waals surface area contributed by atoms with Gasteiger partial charge in [0.25, 0.3) is 0 Å². The predicted molar refractivity (Wildman–Crippen MR) is 83.2 cm³/mol. The SMILES string of the molecule is Fc1c(Cl)cc(NC2CCC3(CCCC3)CC2)cc1Cl. The van der Waals surface area contributed by atoms with Gasteiger partial charge < -0.3 is 5.32 Å². The minimum absolute atomic E-state index is 0.0862. The maximum Gasteiger partial charge on any atom is 0.160 e. The third kappa shape index (κ3) is 2.92. The second-order valence-corrected chi connectivity index (χ2v) is 7.19. The normalized spacial score (nSPS) is 22.4. The fraction of sp³-hybridized carbons (Fsp3) is 0.625. The standard InChI is InChI=1S/C16H20Cl2FN/c17-13-9-12(10-14(18)15(13)19)20-11-3-7-16(8-4-11)5-1-2-6-16/h9-11,20H,1-8H2. The van der Waals surface area contributed by atoms with E-state index in [0.29, 0.717) is 11.5 Å². The van der Waals surface area contributed by atoms with Crippen molar-refractivity contribution in [2.24, 2.45) is 5.41 Å². The Balaban J connectivity index is 1.62. The van der Waals surface area contributed by atoms with Gasteiger partial charge in [0, 0.05) is 11.7 Å². The van der Waals surface area contributed by atoms with E-state index in [1.807, 2.05) is 0 Å². The fourth-order valence-electron chi connectivity index (χ4n) is 3.87. The number of nitrogens with one attached hydrogen (secondary N) is 1. The minimum atomic E-state index is -0.535. The lowest BCUT2D eigenvalue weighted by molar-refractivity contribution is 0.188. The Morgan fingerprint density at radius 3 is 2.10 bits per heavy atom. The van der Waals surface area contributed by atoms with Crippen molar-refractivity contribution in [3.63, 3.8) is 0 Å². The van der Waals surface area contributed by atoms with Crippen LogP contribution in [-0.4, -0.2) is 6.04 Å². The Labute approximate surface area is 129 Å². The van der Waals surface area contributed by atoms with Gasteiger partial charge in [0.2, 0.25) is 0 Å². The predicted octanol–water partition coefficient (Wildman–Crippen LogP) is 6.05. The summed E-state index contributed by atoms with van der Waals surface area (Å²) in [5.41, 5.74) is 1.46. The van der Waals surface area contributed by atoms with E-state index in [2.05, 4.69) is 5.32 Å². The van der Waals surface area contributed by atoms with Gasteiger partial charge >= 0.3 is 0 Å². The highest BCUT2D eigenvalue weighted by Gasteiger charge is 2.37. The zero-order valence-electron chi connectivity index (χ0n) is 11.5. The zero-order valence-corrected chi connectivity index (χ0v) is 13.0. The molecule has 1 aromatic rings. The molecule has 1 N–H and O–H groups in total. The Hall–Kier alpha value is -0.470. The Morgan fingerprint density at radius 2 is 1.55 bits per heavy atom. The van der Waals surface area contributed by atoms with E-state index < -0.39 is 5.82 Å². The van der Waals surface area contributed by atoms with Crippen LogP contribution in [0.4, 0.5) is 10.1 Å². The molecular formula is C16H20Cl2FN. The number of halogens is 3. The molecule has 1 aromatic carbocycles. The molecule has 4 heteroatoms. The Bertz CT molecular complexity index is 464. The first-order chi connectivity index (χ1) is 9.58. The highest BCUT2D eigenvalue weighted by atomic mass is 35.5. The van der Waals surface area contributed by atoms with Crippen LogP contribution < -0.4 is 5.32 Å². The molecule has 0 radical (unpaired) electrons. The van der Waals surface area contributed by atoms with E-state index in [1.165, 1.54) is 51.4 Å². The number of hydrogen-bond donors (Lipinski definition) is 1. The maximum atomic E-state index is 13.4. The largest absolute Gasteiger partial charge is 0.382 e. The number of rotatable bonds is 2. The van der Waals surface area contributed by atoms with Crippen molar-refractivity contribution in [1.29, 1.82) is 0 Å². The van der Waals surface area contributed by atoms with Crippen LogP contribution in [0.1, 0.15) is 51.4 Å². The molecule has 0 aromatic heterocycles. The molecule has 0 unspecified atom stereocenters. The second kappa shape index (κ2) is 5.73. The molecule has 20 heavy (non-hydrogen) atoms. The van der Waals surface area contributed by atoms with Crippen LogP contribution in [0.25, 0.3) is 0 Å². The molecule has 0 atom stereocenters. The summed E-state index contributed by atoms with van der Waals surface area (Å²) >= 11 is 11.7. The average molecular weight is 316 g/mol. The van der Waals surface area contributed by atoms with Crippen LogP contribution in [-0.2, 0) is 0 Å². The molecule has 1 nitrogen and oxygen atoms in total. The highest BCUT2D eigenvalue weighted by Crippen LogP contribution is 2.49. The third-order valence-electron chi connectivity index (χ3n) is 5.07. The van der Waals surface area contributed by atoms with Crippen LogP contribution in [0, 0.1) is 11.2 Å². The van der Waals surface area contributed by atoms with Crippen molar-refractivity contribution in [3.05, 3.63) is 28.0 Å². The van der Waals surface area contributed by atoms with Crippen LogP contribution in [0.5, 0.6) is 0 Å². The molecule has 1 spiro atoms. The zero-order chi connectivity index (χ0) is 14.2. The van der Waals surface area contributed by atoms with Gasteiger partial charge in [-0.15, -0.1) is 0 Å². The number of hydrogen-bond acceptors (Lipinski definition) is 1. The summed E-state index contributed by atoms with van der Waals surface area (Å²) in [6, 6.07) is 3.71. The van der Waals surface area contributed by atoms with E-state index >= 15 is 0 Å². The van der Waals surface area contributed by atoms with Crippen LogP contribution in [0.2, 0.25) is 10.0 Å². The van der Waals surface area contributed by atoms with E-state index in [9.17, 15) is 4.39 Å². The van der Waals surface area contributed by atoms with Gasteiger partial charge in [-0.25, -0.2) is 4.39 Å². The fourth-order valence-corrected chi connectivity index (χ4v) is 4.36. The molecule has 0 bridgehead atoms. The lowest BCUT2D eigenvalue weighted by Crippen LogP contribution is -2.31. The average Bonchev–Trinajstić information content (AvgIpc) is 2.87. The second-order valence-electron chi connectivity index (χ2n) is 6.38. The van der Waals surface area contributed by atoms with E-state index in [1.54, 1.807) is 12.1 Å². The minimum Gasteiger partial charge on any atom is -0.382 e. The van der Waals surface area contributed by atoms with Gasteiger partial charge in [-0.2, -0.15) is 0 Å². The highest BCUT2D eigenvalue weighted by molar-refractivity contribution is 6.35. The molecule has 2 aliphatic carbocycles. The van der Waals surface area contributed by atoms with Crippen LogP contribution in [0.15, 0.2) is 12.1 Å². The Kier molecular flexibility index (Phi) is 4.14. The lowest BCUT2D eigenvalue weighted by Gasteiger charge is -2.38. The van der Waals surface area contributed by atoms with Gasteiger partial charge in [-0.1, -0.05) is 36.0 Å². The molecule has 0 amide bonds. The van der Waals surface area contributed by atoms with Crippen molar-refractivity contribution >= 4 is 28.9 Å². The lowest BCUT2D eigenvalue weighted by atomic mass is 9.71. The van der Waals surface area contributed by atoms with Crippen molar-refractivity contribution in [2.45, 2.75) is 57.4 Å². The number of anilines is 1. The summed E-state index contributed by atoms with van der Waals surface area (Å²) in [4.78, 5) is 0. The van der Waals surface area contributed by atoms with E-state index in [-0.39, 0.29) is 10.0 Å². The summed E-state index contributed by atoms with van der Waals surface area (Å²) in [6.45, 7) is 0. The van der Waals surface area contributed by atoms with E-state index in [0.717, 1.165) is 5.69 Å². The van der Waals surface area contributed by atoms with Crippen molar-refractivity contribution in [2.75, 3.05) is 5.32 Å². The maximum absolute atomic E-state index is 13.4. The monoisotopic (exact) mass is 315 g/mol. The van der Waals surface area contributed by atoms with Crippen LogP contribution >= 0.6 is 23.2 Å². The molecule has 0 aliphatic heterocycles. The molecule has 0 saturated heterocycles. The summed E-state index contributed by atoms with van der Waals surface area (Å²) in [7, 11) is 0. The smallest absolute Gasteiger partial charge is 0.160 e. The van der Waals surface area contributed by atoms with Gasteiger partial charge in [0.1, 0.15) is 0 Å². The summed E-state index contributed by atoms with van der Waals surface area (Å²) in [5, 5.41) is 3.63. The first-order valence-electron chi connectivity index (χ1n) is 7.49.